The van der Waals surface area contributed by atoms with Crippen LogP contribution in [0.1, 0.15) is 18.4 Å². The summed E-state index contributed by atoms with van der Waals surface area (Å²) < 4.78 is 7.86. The molecule has 118 valence electrons. The third kappa shape index (κ3) is 2.80. The molecule has 1 N–H and O–H groups in total. The molecule has 0 bridgehead atoms. The smallest absolute Gasteiger partial charge is 0.139 e. The average molecular weight is 308 g/mol. The minimum atomic E-state index is 0.288. The van der Waals surface area contributed by atoms with Crippen LogP contribution < -0.4 is 5.32 Å². The van der Waals surface area contributed by atoms with E-state index in [0.717, 1.165) is 48.7 Å². The Kier molecular flexibility index (Phi) is 3.71. The summed E-state index contributed by atoms with van der Waals surface area (Å²) in [5.74, 6) is 1.02. The third-order valence-corrected chi connectivity index (χ3v) is 4.24. The number of nitrogens with one attached hydrogen (secondary N) is 1. The summed E-state index contributed by atoms with van der Waals surface area (Å²) >= 11 is 0. The van der Waals surface area contributed by atoms with E-state index in [1.807, 2.05) is 12.1 Å². The van der Waals surface area contributed by atoms with Crippen LogP contribution in [0.5, 0.6) is 0 Å². The molecule has 4 heterocycles. The quantitative estimate of drug-likeness (QED) is 0.803. The van der Waals surface area contributed by atoms with Gasteiger partial charge in [0.15, 0.2) is 0 Å². The van der Waals surface area contributed by atoms with Gasteiger partial charge in [-0.05, 0) is 43.5 Å². The number of ether oxygens (including phenoxy) is 1. The van der Waals surface area contributed by atoms with Crippen molar-refractivity contribution in [2.45, 2.75) is 25.9 Å². The Hall–Kier alpha value is -2.40. The van der Waals surface area contributed by atoms with E-state index >= 15 is 0 Å². The Bertz CT molecular complexity index is 807. The Morgan fingerprint density at radius 2 is 2.13 bits per heavy atom. The lowest BCUT2D eigenvalue weighted by molar-refractivity contribution is 0.120. The summed E-state index contributed by atoms with van der Waals surface area (Å²) in [6.45, 7) is 3.77. The van der Waals surface area contributed by atoms with Crippen molar-refractivity contribution in [1.82, 2.24) is 14.4 Å². The van der Waals surface area contributed by atoms with Gasteiger partial charge in [-0.1, -0.05) is 6.07 Å². The van der Waals surface area contributed by atoms with Gasteiger partial charge in [-0.2, -0.15) is 0 Å². The molecule has 1 saturated heterocycles. The first-order valence-corrected chi connectivity index (χ1v) is 8.06. The Labute approximate surface area is 135 Å². The molecule has 1 unspecified atom stereocenters. The van der Waals surface area contributed by atoms with Gasteiger partial charge in [0, 0.05) is 37.3 Å². The van der Waals surface area contributed by atoms with Crippen molar-refractivity contribution in [3.8, 4) is 11.3 Å². The number of hydrogen-bond acceptors (Lipinski definition) is 4. The second kappa shape index (κ2) is 6.01. The molecule has 5 nitrogen and oxygen atoms in total. The van der Waals surface area contributed by atoms with Gasteiger partial charge >= 0.3 is 0 Å². The first-order chi connectivity index (χ1) is 11.3. The van der Waals surface area contributed by atoms with E-state index in [-0.39, 0.29) is 6.10 Å². The van der Waals surface area contributed by atoms with Gasteiger partial charge in [-0.25, -0.2) is 4.98 Å². The van der Waals surface area contributed by atoms with Crippen molar-refractivity contribution in [3.63, 3.8) is 0 Å². The van der Waals surface area contributed by atoms with Crippen LogP contribution in [-0.2, 0) is 4.74 Å². The number of rotatable bonds is 4. The van der Waals surface area contributed by atoms with Gasteiger partial charge < -0.3 is 10.1 Å². The highest BCUT2D eigenvalue weighted by Gasteiger charge is 2.18. The summed E-state index contributed by atoms with van der Waals surface area (Å²) in [6.07, 6.45) is 8.27. The standard InChI is InChI=1S/C18H20N4O/c1-13-4-5-16-21-17(14-6-8-19-9-7-14)18(22(16)12-13)20-11-15-3-2-10-23-15/h4-9,12,15,20H,2-3,10-11H2,1H3. The van der Waals surface area contributed by atoms with E-state index in [1.54, 1.807) is 12.4 Å². The number of aromatic nitrogens is 3. The fourth-order valence-electron chi connectivity index (χ4n) is 3.05. The zero-order valence-corrected chi connectivity index (χ0v) is 13.2. The first kappa shape index (κ1) is 14.2. The lowest BCUT2D eigenvalue weighted by Crippen LogP contribution is -2.19. The lowest BCUT2D eigenvalue weighted by Gasteiger charge is -2.13. The van der Waals surface area contributed by atoms with Gasteiger partial charge in [0.1, 0.15) is 17.2 Å². The molecule has 0 radical (unpaired) electrons. The molecule has 23 heavy (non-hydrogen) atoms. The number of imidazole rings is 1. The van der Waals surface area contributed by atoms with E-state index in [0.29, 0.717) is 0 Å². The topological polar surface area (TPSA) is 51.5 Å². The van der Waals surface area contributed by atoms with Gasteiger partial charge in [-0.15, -0.1) is 0 Å². The van der Waals surface area contributed by atoms with Crippen LogP contribution in [0.2, 0.25) is 0 Å². The van der Waals surface area contributed by atoms with E-state index in [1.165, 1.54) is 5.56 Å². The first-order valence-electron chi connectivity index (χ1n) is 8.06. The van der Waals surface area contributed by atoms with Crippen LogP contribution in [0, 0.1) is 6.92 Å². The number of nitrogens with zero attached hydrogens (tertiary/aromatic N) is 3. The normalized spacial score (nSPS) is 17.7. The lowest BCUT2D eigenvalue weighted by atomic mass is 10.2. The van der Waals surface area contributed by atoms with Gasteiger partial charge in [0.25, 0.3) is 0 Å². The maximum absolute atomic E-state index is 5.73. The van der Waals surface area contributed by atoms with Gasteiger partial charge in [-0.3, -0.25) is 9.38 Å². The minimum Gasteiger partial charge on any atom is -0.376 e. The van der Waals surface area contributed by atoms with Crippen molar-refractivity contribution in [1.29, 1.82) is 0 Å². The zero-order chi connectivity index (χ0) is 15.6. The largest absolute Gasteiger partial charge is 0.376 e. The minimum absolute atomic E-state index is 0.288. The highest BCUT2D eigenvalue weighted by atomic mass is 16.5. The van der Waals surface area contributed by atoms with Crippen molar-refractivity contribution < 1.29 is 4.74 Å². The third-order valence-electron chi connectivity index (χ3n) is 4.24. The van der Waals surface area contributed by atoms with E-state index in [4.69, 9.17) is 9.72 Å². The molecular weight excluding hydrogens is 288 g/mol. The molecule has 3 aromatic rings. The molecule has 0 saturated carbocycles. The molecule has 0 aliphatic carbocycles. The average Bonchev–Trinajstić information content (AvgIpc) is 3.21. The predicted octanol–water partition coefficient (Wildman–Crippen LogP) is 3.30. The summed E-state index contributed by atoms with van der Waals surface area (Å²) in [6, 6.07) is 8.12. The SMILES string of the molecule is Cc1ccc2nc(-c3ccncc3)c(NCC3CCCO3)n2c1. The monoisotopic (exact) mass is 308 g/mol. The molecule has 3 aromatic heterocycles. The van der Waals surface area contributed by atoms with Gasteiger partial charge in [0.05, 0.1) is 6.10 Å². The summed E-state index contributed by atoms with van der Waals surface area (Å²) in [5, 5.41) is 3.56. The van der Waals surface area contributed by atoms with E-state index in [9.17, 15) is 0 Å². The van der Waals surface area contributed by atoms with Crippen LogP contribution in [0.3, 0.4) is 0 Å². The molecular formula is C18H20N4O. The number of pyridine rings is 2. The predicted molar refractivity (Wildman–Crippen MR) is 90.6 cm³/mol. The molecule has 0 aromatic carbocycles. The van der Waals surface area contributed by atoms with Crippen LogP contribution in [0.25, 0.3) is 16.9 Å². The number of aryl methyl sites for hydroxylation is 1. The fourth-order valence-corrected chi connectivity index (χ4v) is 3.05. The fraction of sp³-hybridized carbons (Fsp3) is 0.333. The molecule has 1 atom stereocenters. The Morgan fingerprint density at radius 1 is 1.26 bits per heavy atom. The number of anilines is 1. The van der Waals surface area contributed by atoms with Crippen LogP contribution in [-0.4, -0.2) is 33.6 Å². The van der Waals surface area contributed by atoms with Crippen LogP contribution in [0.15, 0.2) is 42.9 Å². The molecule has 0 amide bonds. The molecule has 1 aliphatic rings. The summed E-state index contributed by atoms with van der Waals surface area (Å²) in [7, 11) is 0. The van der Waals surface area contributed by atoms with E-state index in [2.05, 4.69) is 40.0 Å². The summed E-state index contributed by atoms with van der Waals surface area (Å²) in [4.78, 5) is 8.90. The van der Waals surface area contributed by atoms with Crippen molar-refractivity contribution in [3.05, 3.63) is 48.4 Å². The molecule has 1 fully saturated rings. The number of hydrogen-bond donors (Lipinski definition) is 1. The van der Waals surface area contributed by atoms with Gasteiger partial charge in [0.2, 0.25) is 0 Å². The zero-order valence-electron chi connectivity index (χ0n) is 13.2. The second-order valence-corrected chi connectivity index (χ2v) is 6.00. The van der Waals surface area contributed by atoms with Crippen molar-refractivity contribution >= 4 is 11.5 Å². The second-order valence-electron chi connectivity index (χ2n) is 6.00. The maximum Gasteiger partial charge on any atom is 0.139 e. The molecule has 1 aliphatic heterocycles. The maximum atomic E-state index is 5.73. The molecule has 5 heteroatoms. The van der Waals surface area contributed by atoms with Crippen molar-refractivity contribution in [2.75, 3.05) is 18.5 Å². The van der Waals surface area contributed by atoms with E-state index < -0.39 is 0 Å². The number of fused-ring (bicyclic) bond motifs is 1. The molecule has 4 rings (SSSR count). The Balaban J connectivity index is 1.76. The highest BCUT2D eigenvalue weighted by molar-refractivity contribution is 5.76. The highest BCUT2D eigenvalue weighted by Crippen LogP contribution is 2.29. The van der Waals surface area contributed by atoms with Crippen LogP contribution >= 0.6 is 0 Å². The summed E-state index contributed by atoms with van der Waals surface area (Å²) in [5.41, 5.74) is 4.17. The van der Waals surface area contributed by atoms with Crippen LogP contribution in [0.4, 0.5) is 5.82 Å². The van der Waals surface area contributed by atoms with Crippen molar-refractivity contribution in [2.24, 2.45) is 0 Å². The molecule has 0 spiro atoms. The Morgan fingerprint density at radius 3 is 2.91 bits per heavy atom.